The van der Waals surface area contributed by atoms with Crippen molar-refractivity contribution < 1.29 is 14.0 Å². The van der Waals surface area contributed by atoms with Gasteiger partial charge in [0.15, 0.2) is 0 Å². The lowest BCUT2D eigenvalue weighted by atomic mass is 10.0. The number of hydrogen-bond acceptors (Lipinski definition) is 4. The van der Waals surface area contributed by atoms with E-state index in [1.54, 1.807) is 11.2 Å². The number of furan rings is 1. The summed E-state index contributed by atoms with van der Waals surface area (Å²) in [5.41, 5.74) is 3.19. The van der Waals surface area contributed by atoms with Gasteiger partial charge in [0.2, 0.25) is 11.8 Å². The Hall–Kier alpha value is -3.38. The number of hydrogen-bond donors (Lipinski definition) is 1. The molecule has 0 radical (unpaired) electrons. The zero-order valence-electron chi connectivity index (χ0n) is 20.1. The predicted octanol–water partition coefficient (Wildman–Crippen LogP) is 4.32. The van der Waals surface area contributed by atoms with Crippen molar-refractivity contribution >= 4 is 11.8 Å². The second-order valence-corrected chi connectivity index (χ2v) is 9.34. The van der Waals surface area contributed by atoms with E-state index in [9.17, 15) is 9.59 Å². The van der Waals surface area contributed by atoms with Crippen LogP contribution in [0.5, 0.6) is 0 Å². The van der Waals surface area contributed by atoms with Crippen LogP contribution in [-0.4, -0.2) is 46.8 Å². The first-order chi connectivity index (χ1) is 16.4. The molecule has 6 nitrogen and oxygen atoms in total. The lowest BCUT2D eigenvalue weighted by Crippen LogP contribution is -2.64. The summed E-state index contributed by atoms with van der Waals surface area (Å²) in [4.78, 5) is 30.5. The van der Waals surface area contributed by atoms with Gasteiger partial charge in [-0.2, -0.15) is 0 Å². The second-order valence-electron chi connectivity index (χ2n) is 9.34. The molecule has 0 aliphatic carbocycles. The molecule has 1 aliphatic heterocycles. The van der Waals surface area contributed by atoms with Crippen LogP contribution in [0.25, 0.3) is 11.3 Å². The number of nitrogens with one attached hydrogen (secondary N) is 1. The maximum absolute atomic E-state index is 13.4. The van der Waals surface area contributed by atoms with E-state index in [2.05, 4.69) is 22.3 Å². The van der Waals surface area contributed by atoms with Gasteiger partial charge in [-0.1, -0.05) is 68.4 Å². The Kier molecular flexibility index (Phi) is 7.48. The van der Waals surface area contributed by atoms with Gasteiger partial charge < -0.3 is 14.6 Å². The molecule has 2 heterocycles. The molecule has 0 bridgehead atoms. The third kappa shape index (κ3) is 5.57. The molecule has 4 rings (SSSR count). The van der Waals surface area contributed by atoms with E-state index in [1.165, 1.54) is 5.56 Å². The van der Waals surface area contributed by atoms with Gasteiger partial charge in [-0.25, -0.2) is 0 Å². The first-order valence-electron chi connectivity index (χ1n) is 11.9. The number of rotatable bonds is 7. The quantitative estimate of drug-likeness (QED) is 0.572. The summed E-state index contributed by atoms with van der Waals surface area (Å²) in [6, 6.07) is 21.4. The fourth-order valence-electron chi connectivity index (χ4n) is 4.56. The minimum atomic E-state index is -0.523. The smallest absolute Gasteiger partial charge is 0.244 e. The second kappa shape index (κ2) is 10.7. The molecule has 0 spiro atoms. The SMILES string of the molecule is CC(C)C(=O)N1[C@H](C)CN(Cc2ccccc2)C[C@@H]1C(=O)NCc1ccc(-c2ccco2)cc1. The number of nitrogens with zero attached hydrogens (tertiary/aromatic N) is 2. The van der Waals surface area contributed by atoms with Crippen LogP contribution in [0.15, 0.2) is 77.4 Å². The molecule has 1 aromatic heterocycles. The van der Waals surface area contributed by atoms with Crippen molar-refractivity contribution in [2.75, 3.05) is 13.1 Å². The van der Waals surface area contributed by atoms with Gasteiger partial charge in [0.25, 0.3) is 0 Å². The summed E-state index contributed by atoms with van der Waals surface area (Å²) in [5.74, 6) is 0.559. The first kappa shape index (κ1) is 23.8. The molecule has 1 fully saturated rings. The van der Waals surface area contributed by atoms with Crippen molar-refractivity contribution in [2.24, 2.45) is 5.92 Å². The molecule has 6 heteroatoms. The highest BCUT2D eigenvalue weighted by Gasteiger charge is 2.39. The fraction of sp³-hybridized carbons (Fsp3) is 0.357. The largest absolute Gasteiger partial charge is 0.464 e. The predicted molar refractivity (Wildman–Crippen MR) is 133 cm³/mol. The van der Waals surface area contributed by atoms with Gasteiger partial charge in [0.05, 0.1) is 6.26 Å². The van der Waals surface area contributed by atoms with Crippen molar-refractivity contribution in [3.63, 3.8) is 0 Å². The zero-order valence-corrected chi connectivity index (χ0v) is 20.1. The maximum Gasteiger partial charge on any atom is 0.244 e. The molecule has 3 aromatic rings. The molecule has 0 saturated carbocycles. The van der Waals surface area contributed by atoms with E-state index in [1.807, 2.05) is 75.4 Å². The Morgan fingerprint density at radius 1 is 0.971 bits per heavy atom. The van der Waals surface area contributed by atoms with E-state index < -0.39 is 6.04 Å². The fourth-order valence-corrected chi connectivity index (χ4v) is 4.56. The van der Waals surface area contributed by atoms with Crippen LogP contribution in [0.1, 0.15) is 31.9 Å². The third-order valence-electron chi connectivity index (χ3n) is 6.29. The van der Waals surface area contributed by atoms with Gasteiger partial charge in [-0.05, 0) is 30.2 Å². The molecule has 1 aliphatic rings. The summed E-state index contributed by atoms with van der Waals surface area (Å²) in [5, 5.41) is 3.07. The molecule has 178 valence electrons. The standard InChI is InChI=1S/C28H33N3O3/c1-20(2)28(33)31-21(3)17-30(18-23-8-5-4-6-9-23)19-25(31)27(32)29-16-22-11-13-24(14-12-22)26-10-7-15-34-26/h4-15,20-21,25H,16-19H2,1-3H3,(H,29,32)/t21-,25-/m1/s1. The highest BCUT2D eigenvalue weighted by atomic mass is 16.3. The van der Waals surface area contributed by atoms with Crippen LogP contribution >= 0.6 is 0 Å². The molecule has 34 heavy (non-hydrogen) atoms. The van der Waals surface area contributed by atoms with Gasteiger partial charge in [0, 0.05) is 43.7 Å². The van der Waals surface area contributed by atoms with E-state index in [0.717, 1.165) is 30.0 Å². The van der Waals surface area contributed by atoms with Crippen LogP contribution in [-0.2, 0) is 22.7 Å². The van der Waals surface area contributed by atoms with Gasteiger partial charge in [0.1, 0.15) is 11.8 Å². The summed E-state index contributed by atoms with van der Waals surface area (Å²) in [6.45, 7) is 8.23. The Labute approximate surface area is 201 Å². The third-order valence-corrected chi connectivity index (χ3v) is 6.29. The summed E-state index contributed by atoms with van der Waals surface area (Å²) in [7, 11) is 0. The normalized spacial score (nSPS) is 18.8. The van der Waals surface area contributed by atoms with Crippen molar-refractivity contribution in [3.8, 4) is 11.3 Å². The van der Waals surface area contributed by atoms with E-state index in [4.69, 9.17) is 4.42 Å². The van der Waals surface area contributed by atoms with Crippen molar-refractivity contribution in [1.29, 1.82) is 0 Å². The topological polar surface area (TPSA) is 65.8 Å². The Bertz CT molecular complexity index is 1080. The van der Waals surface area contributed by atoms with E-state index in [0.29, 0.717) is 13.1 Å². The van der Waals surface area contributed by atoms with Crippen LogP contribution in [0, 0.1) is 5.92 Å². The van der Waals surface area contributed by atoms with Gasteiger partial charge in [-0.15, -0.1) is 0 Å². The lowest BCUT2D eigenvalue weighted by molar-refractivity contribution is -0.150. The number of piperazine rings is 1. The van der Waals surface area contributed by atoms with Crippen molar-refractivity contribution in [1.82, 2.24) is 15.1 Å². The monoisotopic (exact) mass is 459 g/mol. The Morgan fingerprint density at radius 2 is 1.71 bits per heavy atom. The van der Waals surface area contributed by atoms with Gasteiger partial charge in [-0.3, -0.25) is 14.5 Å². The Morgan fingerprint density at radius 3 is 2.35 bits per heavy atom. The zero-order chi connectivity index (χ0) is 24.1. The molecule has 1 saturated heterocycles. The van der Waals surface area contributed by atoms with Crippen LogP contribution < -0.4 is 5.32 Å². The van der Waals surface area contributed by atoms with Gasteiger partial charge >= 0.3 is 0 Å². The highest BCUT2D eigenvalue weighted by molar-refractivity contribution is 5.89. The van der Waals surface area contributed by atoms with Crippen LogP contribution in [0.2, 0.25) is 0 Å². The number of carbonyl (C=O) groups is 2. The number of carbonyl (C=O) groups excluding carboxylic acids is 2. The van der Waals surface area contributed by atoms with Crippen LogP contribution in [0.4, 0.5) is 0 Å². The lowest BCUT2D eigenvalue weighted by Gasteiger charge is -2.45. The molecule has 2 amide bonds. The summed E-state index contributed by atoms with van der Waals surface area (Å²) in [6.07, 6.45) is 1.65. The molecule has 0 unspecified atom stereocenters. The average Bonchev–Trinajstić information content (AvgIpc) is 3.38. The molecular formula is C28H33N3O3. The van der Waals surface area contributed by atoms with Crippen LogP contribution in [0.3, 0.4) is 0 Å². The first-order valence-corrected chi connectivity index (χ1v) is 11.9. The molecule has 2 aromatic carbocycles. The Balaban J connectivity index is 1.45. The maximum atomic E-state index is 13.4. The highest BCUT2D eigenvalue weighted by Crippen LogP contribution is 2.22. The minimum Gasteiger partial charge on any atom is -0.464 e. The molecular weight excluding hydrogens is 426 g/mol. The number of benzene rings is 2. The number of amides is 2. The van der Waals surface area contributed by atoms with E-state index >= 15 is 0 Å². The minimum absolute atomic E-state index is 0.0230. The van der Waals surface area contributed by atoms with Crippen molar-refractivity contribution in [2.45, 2.75) is 45.9 Å². The van der Waals surface area contributed by atoms with E-state index in [-0.39, 0.29) is 23.8 Å². The van der Waals surface area contributed by atoms with Crippen molar-refractivity contribution in [3.05, 3.63) is 84.1 Å². The summed E-state index contributed by atoms with van der Waals surface area (Å²) >= 11 is 0. The average molecular weight is 460 g/mol. The molecule has 2 atom stereocenters. The molecule has 1 N–H and O–H groups in total. The summed E-state index contributed by atoms with van der Waals surface area (Å²) < 4.78 is 5.44.